The summed E-state index contributed by atoms with van der Waals surface area (Å²) >= 11 is 6.07. The molecule has 0 atom stereocenters. The Labute approximate surface area is 98.3 Å². The molecule has 0 spiro atoms. The van der Waals surface area contributed by atoms with Crippen molar-refractivity contribution in [3.8, 4) is 22.8 Å². The summed E-state index contributed by atoms with van der Waals surface area (Å²) in [5, 5.41) is 9.75. The number of halogens is 1. The van der Waals surface area contributed by atoms with Crippen molar-refractivity contribution in [2.75, 3.05) is 7.11 Å². The van der Waals surface area contributed by atoms with Gasteiger partial charge in [-0.3, -0.25) is 4.98 Å². The lowest BCUT2D eigenvalue weighted by molar-refractivity contribution is 0.415. The average Bonchev–Trinajstić information content (AvgIpc) is 2.31. The third kappa shape index (κ3) is 2.09. The first-order chi connectivity index (χ1) is 7.70. The lowest BCUT2D eigenvalue weighted by atomic mass is 10.1. The van der Waals surface area contributed by atoms with Crippen LogP contribution in [-0.4, -0.2) is 17.2 Å². The highest BCUT2D eigenvalue weighted by Crippen LogP contribution is 2.30. The van der Waals surface area contributed by atoms with E-state index in [0.717, 1.165) is 5.56 Å². The first-order valence-electron chi connectivity index (χ1n) is 4.69. The standard InChI is InChI=1S/C12H10ClNO2/c1-16-9-3-4-11(13)10(6-9)12-5-2-8(15)7-14-12/h2-7,15H,1H3. The second kappa shape index (κ2) is 4.41. The van der Waals surface area contributed by atoms with Gasteiger partial charge in [0.05, 0.1) is 24.0 Å². The zero-order chi connectivity index (χ0) is 11.5. The van der Waals surface area contributed by atoms with Gasteiger partial charge in [-0.2, -0.15) is 0 Å². The number of aromatic nitrogens is 1. The van der Waals surface area contributed by atoms with Crippen molar-refractivity contribution in [2.24, 2.45) is 0 Å². The largest absolute Gasteiger partial charge is 0.506 e. The minimum absolute atomic E-state index is 0.128. The van der Waals surface area contributed by atoms with Crippen LogP contribution in [0.5, 0.6) is 11.5 Å². The monoisotopic (exact) mass is 235 g/mol. The molecule has 2 aromatic rings. The molecule has 0 aliphatic rings. The molecular formula is C12H10ClNO2. The van der Waals surface area contributed by atoms with Crippen LogP contribution in [0.25, 0.3) is 11.3 Å². The first-order valence-corrected chi connectivity index (χ1v) is 5.07. The van der Waals surface area contributed by atoms with Gasteiger partial charge >= 0.3 is 0 Å². The highest BCUT2D eigenvalue weighted by Gasteiger charge is 2.06. The van der Waals surface area contributed by atoms with Gasteiger partial charge in [0, 0.05) is 5.56 Å². The fourth-order valence-electron chi connectivity index (χ4n) is 1.37. The van der Waals surface area contributed by atoms with Crippen molar-refractivity contribution >= 4 is 11.6 Å². The van der Waals surface area contributed by atoms with E-state index in [2.05, 4.69) is 4.98 Å². The maximum Gasteiger partial charge on any atom is 0.133 e. The van der Waals surface area contributed by atoms with Crippen molar-refractivity contribution in [1.82, 2.24) is 4.98 Å². The van der Waals surface area contributed by atoms with Gasteiger partial charge in [0.15, 0.2) is 0 Å². The van der Waals surface area contributed by atoms with Gasteiger partial charge in [-0.1, -0.05) is 11.6 Å². The van der Waals surface area contributed by atoms with Crippen LogP contribution in [0.4, 0.5) is 0 Å². The summed E-state index contributed by atoms with van der Waals surface area (Å²) in [6, 6.07) is 8.62. The molecule has 0 saturated heterocycles. The summed E-state index contributed by atoms with van der Waals surface area (Å²) in [7, 11) is 1.59. The van der Waals surface area contributed by atoms with Crippen LogP contribution < -0.4 is 4.74 Å². The average molecular weight is 236 g/mol. The Morgan fingerprint density at radius 3 is 2.69 bits per heavy atom. The molecule has 0 aliphatic heterocycles. The van der Waals surface area contributed by atoms with Crippen molar-refractivity contribution in [1.29, 1.82) is 0 Å². The zero-order valence-corrected chi connectivity index (χ0v) is 9.40. The van der Waals surface area contributed by atoms with Gasteiger partial charge in [0.25, 0.3) is 0 Å². The molecule has 3 nitrogen and oxygen atoms in total. The number of rotatable bonds is 2. The van der Waals surface area contributed by atoms with Crippen LogP contribution in [0.1, 0.15) is 0 Å². The van der Waals surface area contributed by atoms with E-state index in [-0.39, 0.29) is 5.75 Å². The maximum absolute atomic E-state index is 9.15. The van der Waals surface area contributed by atoms with E-state index in [1.807, 2.05) is 6.07 Å². The molecule has 0 radical (unpaired) electrons. The minimum Gasteiger partial charge on any atom is -0.506 e. The normalized spacial score (nSPS) is 10.1. The molecule has 0 saturated carbocycles. The second-order valence-electron chi connectivity index (χ2n) is 3.25. The van der Waals surface area contributed by atoms with E-state index in [1.165, 1.54) is 6.20 Å². The molecule has 0 amide bonds. The molecule has 1 heterocycles. The van der Waals surface area contributed by atoms with E-state index >= 15 is 0 Å². The third-order valence-electron chi connectivity index (χ3n) is 2.20. The molecule has 2 rings (SSSR count). The summed E-state index contributed by atoms with van der Waals surface area (Å²) in [6.45, 7) is 0. The van der Waals surface area contributed by atoms with Crippen LogP contribution >= 0.6 is 11.6 Å². The Morgan fingerprint density at radius 1 is 1.25 bits per heavy atom. The lowest BCUT2D eigenvalue weighted by Gasteiger charge is -2.06. The number of nitrogens with zero attached hydrogens (tertiary/aromatic N) is 1. The van der Waals surface area contributed by atoms with E-state index in [9.17, 15) is 0 Å². The molecule has 0 fully saturated rings. The predicted molar refractivity (Wildman–Crippen MR) is 62.9 cm³/mol. The number of hydrogen-bond donors (Lipinski definition) is 1. The number of methoxy groups -OCH3 is 1. The fraction of sp³-hybridized carbons (Fsp3) is 0.0833. The lowest BCUT2D eigenvalue weighted by Crippen LogP contribution is -1.87. The molecule has 16 heavy (non-hydrogen) atoms. The molecule has 0 bridgehead atoms. The van der Waals surface area contributed by atoms with Crippen LogP contribution in [0.2, 0.25) is 5.02 Å². The van der Waals surface area contributed by atoms with Crippen molar-refractivity contribution < 1.29 is 9.84 Å². The van der Waals surface area contributed by atoms with Crippen molar-refractivity contribution in [2.45, 2.75) is 0 Å². The molecular weight excluding hydrogens is 226 g/mol. The second-order valence-corrected chi connectivity index (χ2v) is 3.65. The van der Waals surface area contributed by atoms with Crippen LogP contribution in [-0.2, 0) is 0 Å². The zero-order valence-electron chi connectivity index (χ0n) is 8.64. The quantitative estimate of drug-likeness (QED) is 0.870. The Balaban J connectivity index is 2.50. The van der Waals surface area contributed by atoms with E-state index in [0.29, 0.717) is 16.5 Å². The number of pyridine rings is 1. The Hall–Kier alpha value is -1.74. The molecule has 0 unspecified atom stereocenters. The topological polar surface area (TPSA) is 42.4 Å². The summed E-state index contributed by atoms with van der Waals surface area (Å²) in [5.74, 6) is 0.844. The van der Waals surface area contributed by atoms with Gasteiger partial charge in [-0.05, 0) is 30.3 Å². The molecule has 4 heteroatoms. The first kappa shape index (κ1) is 10.8. The highest BCUT2D eigenvalue weighted by molar-refractivity contribution is 6.33. The van der Waals surface area contributed by atoms with Crippen LogP contribution in [0.3, 0.4) is 0 Å². The number of ether oxygens (including phenoxy) is 1. The van der Waals surface area contributed by atoms with Gasteiger partial charge in [0.2, 0.25) is 0 Å². The van der Waals surface area contributed by atoms with Crippen molar-refractivity contribution in [3.63, 3.8) is 0 Å². The Kier molecular flexibility index (Phi) is 2.97. The van der Waals surface area contributed by atoms with Gasteiger partial charge in [-0.15, -0.1) is 0 Å². The highest BCUT2D eigenvalue weighted by atomic mass is 35.5. The third-order valence-corrected chi connectivity index (χ3v) is 2.53. The Morgan fingerprint density at radius 2 is 2.06 bits per heavy atom. The van der Waals surface area contributed by atoms with E-state index in [4.69, 9.17) is 21.4 Å². The molecule has 0 aliphatic carbocycles. The predicted octanol–water partition coefficient (Wildman–Crippen LogP) is 3.12. The van der Waals surface area contributed by atoms with Gasteiger partial charge in [0.1, 0.15) is 11.5 Å². The van der Waals surface area contributed by atoms with E-state index in [1.54, 1.807) is 31.4 Å². The summed E-state index contributed by atoms with van der Waals surface area (Å²) in [4.78, 5) is 4.09. The summed E-state index contributed by atoms with van der Waals surface area (Å²) in [6.07, 6.45) is 1.38. The SMILES string of the molecule is COc1ccc(Cl)c(-c2ccc(O)cn2)c1. The Bertz CT molecular complexity index is 497. The molecule has 1 aromatic heterocycles. The van der Waals surface area contributed by atoms with Crippen molar-refractivity contribution in [3.05, 3.63) is 41.6 Å². The van der Waals surface area contributed by atoms with Gasteiger partial charge in [-0.25, -0.2) is 0 Å². The molecule has 1 N–H and O–H groups in total. The number of aromatic hydroxyl groups is 1. The van der Waals surface area contributed by atoms with Gasteiger partial charge < -0.3 is 9.84 Å². The number of benzene rings is 1. The smallest absolute Gasteiger partial charge is 0.133 e. The van der Waals surface area contributed by atoms with Crippen LogP contribution in [0, 0.1) is 0 Å². The van der Waals surface area contributed by atoms with E-state index < -0.39 is 0 Å². The van der Waals surface area contributed by atoms with Crippen LogP contribution in [0.15, 0.2) is 36.5 Å². The minimum atomic E-state index is 0.128. The molecule has 1 aromatic carbocycles. The summed E-state index contributed by atoms with van der Waals surface area (Å²) < 4.78 is 5.12. The summed E-state index contributed by atoms with van der Waals surface area (Å²) in [5.41, 5.74) is 1.47. The molecule has 82 valence electrons. The maximum atomic E-state index is 9.15. The fourth-order valence-corrected chi connectivity index (χ4v) is 1.59. The number of hydrogen-bond acceptors (Lipinski definition) is 3.